The molecule has 0 saturated heterocycles. The highest BCUT2D eigenvalue weighted by Crippen LogP contribution is 2.20. The molecule has 0 fully saturated rings. The molecule has 0 bridgehead atoms. The molecule has 0 aliphatic rings. The fourth-order valence-electron chi connectivity index (χ4n) is 1.92. The molecule has 0 unspecified atom stereocenters. The summed E-state index contributed by atoms with van der Waals surface area (Å²) in [5.41, 5.74) is 8.87. The van der Waals surface area contributed by atoms with E-state index in [0.29, 0.717) is 13.1 Å². The zero-order valence-corrected chi connectivity index (χ0v) is 11.5. The van der Waals surface area contributed by atoms with Crippen molar-refractivity contribution in [1.82, 2.24) is 9.97 Å². The maximum absolute atomic E-state index is 5.49. The van der Waals surface area contributed by atoms with E-state index in [9.17, 15) is 0 Å². The van der Waals surface area contributed by atoms with Gasteiger partial charge in [0.05, 0.1) is 5.69 Å². The predicted octanol–water partition coefficient (Wildman–Crippen LogP) is 2.39. The normalized spacial score (nSPS) is 10.5. The van der Waals surface area contributed by atoms with Crippen LogP contribution in [0, 0.1) is 6.92 Å². The Morgan fingerprint density at radius 3 is 2.53 bits per heavy atom. The molecule has 4 heteroatoms. The van der Waals surface area contributed by atoms with E-state index in [4.69, 9.17) is 5.73 Å². The highest BCUT2D eigenvalue weighted by molar-refractivity contribution is 5.62. The van der Waals surface area contributed by atoms with Gasteiger partial charge < -0.3 is 11.1 Å². The van der Waals surface area contributed by atoms with E-state index in [-0.39, 0.29) is 0 Å². The van der Waals surface area contributed by atoms with E-state index in [1.165, 1.54) is 5.56 Å². The van der Waals surface area contributed by atoms with Crippen LogP contribution >= 0.6 is 0 Å². The molecular formula is C15H20N4. The van der Waals surface area contributed by atoms with Crippen LogP contribution in [0.25, 0.3) is 11.3 Å². The summed E-state index contributed by atoms with van der Waals surface area (Å²) >= 11 is 0. The minimum Gasteiger partial charge on any atom is -0.369 e. The van der Waals surface area contributed by atoms with Crippen LogP contribution in [0.1, 0.15) is 18.3 Å². The van der Waals surface area contributed by atoms with Crippen molar-refractivity contribution in [2.75, 3.05) is 18.4 Å². The molecule has 1 aromatic heterocycles. The maximum Gasteiger partial charge on any atom is 0.130 e. The van der Waals surface area contributed by atoms with Crippen molar-refractivity contribution in [1.29, 1.82) is 0 Å². The fraction of sp³-hybridized carbons (Fsp3) is 0.333. The van der Waals surface area contributed by atoms with Gasteiger partial charge in [-0.3, -0.25) is 0 Å². The van der Waals surface area contributed by atoms with Gasteiger partial charge in [-0.15, -0.1) is 0 Å². The zero-order chi connectivity index (χ0) is 13.7. The Morgan fingerprint density at radius 2 is 1.89 bits per heavy atom. The molecule has 0 spiro atoms. The van der Waals surface area contributed by atoms with Crippen molar-refractivity contribution in [3.63, 3.8) is 0 Å². The molecule has 4 nitrogen and oxygen atoms in total. The molecule has 1 aromatic carbocycles. The van der Waals surface area contributed by atoms with E-state index >= 15 is 0 Å². The summed E-state index contributed by atoms with van der Waals surface area (Å²) in [6.45, 7) is 5.35. The highest BCUT2D eigenvalue weighted by atomic mass is 15.0. The van der Waals surface area contributed by atoms with Crippen LogP contribution in [-0.2, 0) is 6.42 Å². The van der Waals surface area contributed by atoms with E-state index in [2.05, 4.69) is 46.5 Å². The number of anilines is 1. The smallest absolute Gasteiger partial charge is 0.130 e. The van der Waals surface area contributed by atoms with Crippen LogP contribution in [-0.4, -0.2) is 23.1 Å². The van der Waals surface area contributed by atoms with Gasteiger partial charge in [0.25, 0.3) is 0 Å². The Balaban J connectivity index is 2.29. The van der Waals surface area contributed by atoms with Gasteiger partial charge >= 0.3 is 0 Å². The Kier molecular flexibility index (Phi) is 4.47. The first kappa shape index (κ1) is 13.5. The lowest BCUT2D eigenvalue weighted by Gasteiger charge is -2.08. The number of benzene rings is 1. The van der Waals surface area contributed by atoms with E-state index < -0.39 is 0 Å². The second-order valence-electron chi connectivity index (χ2n) is 4.45. The van der Waals surface area contributed by atoms with Gasteiger partial charge in [-0.25, -0.2) is 9.97 Å². The third-order valence-corrected chi connectivity index (χ3v) is 2.95. The lowest BCUT2D eigenvalue weighted by atomic mass is 10.1. The third kappa shape index (κ3) is 3.51. The van der Waals surface area contributed by atoms with Crippen molar-refractivity contribution in [3.8, 4) is 11.3 Å². The lowest BCUT2D eigenvalue weighted by Crippen LogP contribution is -2.14. The quantitative estimate of drug-likeness (QED) is 0.862. The summed E-state index contributed by atoms with van der Waals surface area (Å²) in [6, 6.07) is 10.4. The number of nitrogens with one attached hydrogen (secondary N) is 1. The largest absolute Gasteiger partial charge is 0.369 e. The first-order valence-corrected chi connectivity index (χ1v) is 6.62. The predicted molar refractivity (Wildman–Crippen MR) is 79.1 cm³/mol. The molecule has 2 rings (SSSR count). The molecule has 3 N–H and O–H groups in total. The van der Waals surface area contributed by atoms with Crippen LogP contribution in [0.4, 0.5) is 5.82 Å². The molecule has 100 valence electrons. The van der Waals surface area contributed by atoms with Gasteiger partial charge in [-0.05, 0) is 18.9 Å². The van der Waals surface area contributed by atoms with Gasteiger partial charge in [0.1, 0.15) is 11.6 Å². The molecule has 0 radical (unpaired) electrons. The van der Waals surface area contributed by atoms with E-state index in [0.717, 1.165) is 29.3 Å². The van der Waals surface area contributed by atoms with Crippen molar-refractivity contribution in [2.45, 2.75) is 20.3 Å². The summed E-state index contributed by atoms with van der Waals surface area (Å²) < 4.78 is 0. The van der Waals surface area contributed by atoms with Gasteiger partial charge in [-0.2, -0.15) is 0 Å². The van der Waals surface area contributed by atoms with Gasteiger partial charge in [0.15, 0.2) is 0 Å². The second-order valence-corrected chi connectivity index (χ2v) is 4.45. The van der Waals surface area contributed by atoms with Crippen LogP contribution in [0.15, 0.2) is 30.3 Å². The van der Waals surface area contributed by atoms with Crippen molar-refractivity contribution < 1.29 is 0 Å². The van der Waals surface area contributed by atoms with Crippen LogP contribution in [0.2, 0.25) is 0 Å². The summed E-state index contributed by atoms with van der Waals surface area (Å²) in [5, 5.41) is 3.19. The lowest BCUT2D eigenvalue weighted by molar-refractivity contribution is 0.987. The molecule has 19 heavy (non-hydrogen) atoms. The minimum absolute atomic E-state index is 0.587. The Morgan fingerprint density at radius 1 is 1.16 bits per heavy atom. The summed E-state index contributed by atoms with van der Waals surface area (Å²) in [4.78, 5) is 8.84. The SMILES string of the molecule is CCc1ccc(-c2cc(NCCN)nc(C)n2)cc1. The number of nitrogens with zero attached hydrogens (tertiary/aromatic N) is 2. The average Bonchev–Trinajstić information content (AvgIpc) is 2.44. The Hall–Kier alpha value is -1.94. The topological polar surface area (TPSA) is 63.8 Å². The standard InChI is InChI=1S/C15H20N4/c1-3-12-4-6-13(7-5-12)14-10-15(17-9-8-16)19-11(2)18-14/h4-7,10H,3,8-9,16H2,1-2H3,(H,17,18,19). The number of hydrogen-bond donors (Lipinski definition) is 2. The summed E-state index contributed by atoms with van der Waals surface area (Å²) in [7, 11) is 0. The summed E-state index contributed by atoms with van der Waals surface area (Å²) in [6.07, 6.45) is 1.05. The molecular weight excluding hydrogens is 236 g/mol. The molecule has 0 aliphatic carbocycles. The number of aryl methyl sites for hydroxylation is 2. The molecule has 0 atom stereocenters. The minimum atomic E-state index is 0.587. The van der Waals surface area contributed by atoms with E-state index in [1.807, 2.05) is 13.0 Å². The fourth-order valence-corrected chi connectivity index (χ4v) is 1.92. The monoisotopic (exact) mass is 256 g/mol. The molecule has 2 aromatic rings. The van der Waals surface area contributed by atoms with Crippen LogP contribution < -0.4 is 11.1 Å². The third-order valence-electron chi connectivity index (χ3n) is 2.95. The second kappa shape index (κ2) is 6.29. The van der Waals surface area contributed by atoms with Gasteiger partial charge in [0.2, 0.25) is 0 Å². The van der Waals surface area contributed by atoms with Crippen LogP contribution in [0.5, 0.6) is 0 Å². The first-order valence-electron chi connectivity index (χ1n) is 6.62. The highest BCUT2D eigenvalue weighted by Gasteiger charge is 2.04. The summed E-state index contributed by atoms with van der Waals surface area (Å²) in [5.74, 6) is 1.59. The average molecular weight is 256 g/mol. The molecule has 0 amide bonds. The Bertz CT molecular complexity index is 534. The Labute approximate surface area is 114 Å². The van der Waals surface area contributed by atoms with Gasteiger partial charge in [-0.1, -0.05) is 31.2 Å². The first-order chi connectivity index (χ1) is 9.22. The van der Waals surface area contributed by atoms with Crippen molar-refractivity contribution in [3.05, 3.63) is 41.7 Å². The van der Waals surface area contributed by atoms with E-state index in [1.54, 1.807) is 0 Å². The molecule has 1 heterocycles. The number of rotatable bonds is 5. The van der Waals surface area contributed by atoms with Crippen molar-refractivity contribution >= 4 is 5.82 Å². The van der Waals surface area contributed by atoms with Gasteiger partial charge in [0, 0.05) is 24.7 Å². The molecule has 0 saturated carbocycles. The number of nitrogens with two attached hydrogens (primary N) is 1. The maximum atomic E-state index is 5.49. The number of aromatic nitrogens is 2. The van der Waals surface area contributed by atoms with Crippen molar-refractivity contribution in [2.24, 2.45) is 5.73 Å². The number of hydrogen-bond acceptors (Lipinski definition) is 4. The zero-order valence-electron chi connectivity index (χ0n) is 11.5. The molecule has 0 aliphatic heterocycles. The van der Waals surface area contributed by atoms with Crippen LogP contribution in [0.3, 0.4) is 0 Å².